The number of esters is 1. The molecule has 0 aromatic heterocycles. The number of ketones is 2. The molecule has 0 bridgehead atoms. The number of hydrogen-bond acceptors (Lipinski definition) is 5. The van der Waals surface area contributed by atoms with Crippen molar-refractivity contribution >= 4 is 17.5 Å². The van der Waals surface area contributed by atoms with Gasteiger partial charge in [-0.05, 0) is 61.2 Å². The highest BCUT2D eigenvalue weighted by Crippen LogP contribution is 2.67. The van der Waals surface area contributed by atoms with Gasteiger partial charge in [0.2, 0.25) is 5.78 Å². The molecule has 0 heterocycles. The van der Waals surface area contributed by atoms with E-state index in [2.05, 4.69) is 19.9 Å². The molecule has 0 saturated heterocycles. The molecule has 0 aromatic rings. The van der Waals surface area contributed by atoms with Crippen LogP contribution in [-0.2, 0) is 19.1 Å². The minimum Gasteiger partial charge on any atom is -0.458 e. The third kappa shape index (κ3) is 2.79. The Labute approximate surface area is 173 Å². The van der Waals surface area contributed by atoms with Crippen LogP contribution in [0.5, 0.6) is 0 Å². The average molecular weight is 403 g/mol. The summed E-state index contributed by atoms with van der Waals surface area (Å²) in [5.41, 5.74) is -0.474. The van der Waals surface area contributed by atoms with Crippen molar-refractivity contribution in [2.45, 2.75) is 78.2 Å². The van der Waals surface area contributed by atoms with Crippen LogP contribution in [0.25, 0.3) is 0 Å². The first-order valence-electron chi connectivity index (χ1n) is 11.2. The van der Waals surface area contributed by atoms with E-state index in [0.29, 0.717) is 36.9 Å². The second-order valence-electron chi connectivity index (χ2n) is 10.5. The number of aliphatic hydroxyl groups is 1. The van der Waals surface area contributed by atoms with Gasteiger partial charge < -0.3 is 9.84 Å². The third-order valence-corrected chi connectivity index (χ3v) is 9.26. The SMILES string of the molecule is CC(=O)OCC(=O)[C@]1(O)[C@H](C)C[C@@H]2[C@@H]3CC[C@@H]4CC(=O)CC[C@@]4(C)C3=CC[C@]21C. The van der Waals surface area contributed by atoms with Crippen LogP contribution in [0.3, 0.4) is 0 Å². The van der Waals surface area contributed by atoms with Crippen molar-refractivity contribution in [3.05, 3.63) is 11.6 Å². The number of carbonyl (C=O) groups is 3. The zero-order chi connectivity index (χ0) is 21.2. The van der Waals surface area contributed by atoms with Gasteiger partial charge in [-0.25, -0.2) is 0 Å². The first-order valence-corrected chi connectivity index (χ1v) is 11.2. The highest BCUT2D eigenvalue weighted by atomic mass is 16.5. The summed E-state index contributed by atoms with van der Waals surface area (Å²) >= 11 is 0. The van der Waals surface area contributed by atoms with E-state index in [1.165, 1.54) is 12.5 Å². The normalized spacial score (nSPS) is 46.2. The summed E-state index contributed by atoms with van der Waals surface area (Å²) in [4.78, 5) is 36.3. The van der Waals surface area contributed by atoms with Crippen molar-refractivity contribution < 1.29 is 24.2 Å². The molecule has 4 rings (SSSR count). The number of rotatable bonds is 3. The molecule has 0 unspecified atom stereocenters. The van der Waals surface area contributed by atoms with E-state index in [1.54, 1.807) is 0 Å². The van der Waals surface area contributed by atoms with Crippen molar-refractivity contribution in [2.24, 2.45) is 34.5 Å². The highest BCUT2D eigenvalue weighted by molar-refractivity contribution is 5.91. The summed E-state index contributed by atoms with van der Waals surface area (Å²) in [5.74, 6) is 0.376. The van der Waals surface area contributed by atoms with Gasteiger partial charge in [0, 0.05) is 25.2 Å². The van der Waals surface area contributed by atoms with Gasteiger partial charge in [0.1, 0.15) is 11.4 Å². The maximum absolute atomic E-state index is 13.0. The molecule has 1 N–H and O–H groups in total. The number of fused-ring (bicyclic) bond motifs is 5. The molecule has 0 spiro atoms. The molecule has 3 saturated carbocycles. The number of ether oxygens (including phenoxy) is 1. The van der Waals surface area contributed by atoms with Crippen LogP contribution >= 0.6 is 0 Å². The lowest BCUT2D eigenvalue weighted by molar-refractivity contribution is -0.167. The Hall–Kier alpha value is -1.49. The molecule has 7 atom stereocenters. The van der Waals surface area contributed by atoms with E-state index in [9.17, 15) is 19.5 Å². The summed E-state index contributed by atoms with van der Waals surface area (Å²) in [6, 6.07) is 0. The van der Waals surface area contributed by atoms with Crippen LogP contribution < -0.4 is 0 Å². The lowest BCUT2D eigenvalue weighted by atomic mass is 9.48. The van der Waals surface area contributed by atoms with E-state index in [1.807, 2.05) is 6.92 Å². The molecule has 3 fully saturated rings. The van der Waals surface area contributed by atoms with Crippen LogP contribution in [0.4, 0.5) is 0 Å². The van der Waals surface area contributed by atoms with Crippen molar-refractivity contribution in [1.82, 2.24) is 0 Å². The average Bonchev–Trinajstić information content (AvgIpc) is 2.88. The van der Waals surface area contributed by atoms with E-state index in [-0.39, 0.29) is 29.6 Å². The molecule has 0 aliphatic heterocycles. The van der Waals surface area contributed by atoms with Crippen molar-refractivity contribution in [2.75, 3.05) is 6.61 Å². The van der Waals surface area contributed by atoms with Gasteiger partial charge in [-0.1, -0.05) is 32.4 Å². The quantitative estimate of drug-likeness (QED) is 0.576. The Balaban J connectivity index is 1.67. The molecule has 4 aliphatic carbocycles. The lowest BCUT2D eigenvalue weighted by Gasteiger charge is -2.56. The van der Waals surface area contributed by atoms with Gasteiger partial charge in [-0.2, -0.15) is 0 Å². The number of Topliss-reactive ketones (excluding diaryl/α,β-unsaturated/α-hetero) is 2. The fraction of sp³-hybridized carbons (Fsp3) is 0.792. The molecule has 0 aromatic carbocycles. The molecule has 0 radical (unpaired) electrons. The number of carbonyl (C=O) groups excluding carboxylic acids is 3. The Morgan fingerprint density at radius 2 is 2.00 bits per heavy atom. The number of allylic oxidation sites excluding steroid dienone is 2. The monoisotopic (exact) mass is 402 g/mol. The molecular weight excluding hydrogens is 368 g/mol. The lowest BCUT2D eigenvalue weighted by Crippen LogP contribution is -2.58. The standard InChI is InChI=1S/C24H34O5/c1-14-11-20-18-6-5-16-12-17(26)7-9-22(16,3)19(18)8-10-23(20,4)24(14,28)21(27)13-29-15(2)25/h8,14,16,18,20,28H,5-7,9-13H2,1-4H3/t14-,16-,18-,20-,22-,23-,24-/m1/s1. The van der Waals surface area contributed by atoms with Crippen LogP contribution in [0.2, 0.25) is 0 Å². The topological polar surface area (TPSA) is 80.7 Å². The Morgan fingerprint density at radius 3 is 2.69 bits per heavy atom. The van der Waals surface area contributed by atoms with Gasteiger partial charge in [-0.3, -0.25) is 14.4 Å². The van der Waals surface area contributed by atoms with Crippen LogP contribution in [0.15, 0.2) is 11.6 Å². The van der Waals surface area contributed by atoms with Crippen LogP contribution in [0, 0.1) is 34.5 Å². The second-order valence-corrected chi connectivity index (χ2v) is 10.5. The zero-order valence-corrected chi connectivity index (χ0v) is 18.1. The molecule has 0 amide bonds. The van der Waals surface area contributed by atoms with Crippen molar-refractivity contribution in [3.8, 4) is 0 Å². The molecular formula is C24H34O5. The molecule has 5 nitrogen and oxygen atoms in total. The molecule has 4 aliphatic rings. The maximum atomic E-state index is 13.0. The second kappa shape index (κ2) is 6.76. The van der Waals surface area contributed by atoms with Gasteiger partial charge in [0.15, 0.2) is 6.61 Å². The Morgan fingerprint density at radius 1 is 1.28 bits per heavy atom. The summed E-state index contributed by atoms with van der Waals surface area (Å²) in [6.07, 6.45) is 8.13. The highest BCUT2D eigenvalue weighted by Gasteiger charge is 2.67. The van der Waals surface area contributed by atoms with Crippen molar-refractivity contribution in [3.63, 3.8) is 0 Å². The van der Waals surface area contributed by atoms with Crippen LogP contribution in [0.1, 0.15) is 72.6 Å². The minimum atomic E-state index is -1.48. The summed E-state index contributed by atoms with van der Waals surface area (Å²) < 4.78 is 4.96. The maximum Gasteiger partial charge on any atom is 0.303 e. The molecule has 5 heteroatoms. The van der Waals surface area contributed by atoms with Gasteiger partial charge in [0.05, 0.1) is 0 Å². The predicted molar refractivity (Wildman–Crippen MR) is 108 cm³/mol. The van der Waals surface area contributed by atoms with E-state index in [4.69, 9.17) is 4.74 Å². The van der Waals surface area contributed by atoms with Crippen LogP contribution in [-0.4, -0.2) is 34.9 Å². The fourth-order valence-corrected chi connectivity index (χ4v) is 7.53. The summed E-state index contributed by atoms with van der Waals surface area (Å²) in [6.45, 7) is 7.27. The predicted octanol–water partition coefficient (Wildman–Crippen LogP) is 3.63. The molecule has 29 heavy (non-hydrogen) atoms. The summed E-state index contributed by atoms with van der Waals surface area (Å²) in [7, 11) is 0. The molecule has 160 valence electrons. The minimum absolute atomic E-state index is 0.0733. The first-order chi connectivity index (χ1) is 13.5. The Bertz CT molecular complexity index is 784. The third-order valence-electron chi connectivity index (χ3n) is 9.26. The van der Waals surface area contributed by atoms with Gasteiger partial charge in [0.25, 0.3) is 0 Å². The van der Waals surface area contributed by atoms with E-state index in [0.717, 1.165) is 25.7 Å². The van der Waals surface area contributed by atoms with E-state index >= 15 is 0 Å². The fourth-order valence-electron chi connectivity index (χ4n) is 7.53. The number of hydrogen-bond donors (Lipinski definition) is 1. The largest absolute Gasteiger partial charge is 0.458 e. The Kier molecular flexibility index (Phi) is 4.84. The first kappa shape index (κ1) is 20.8. The summed E-state index contributed by atoms with van der Waals surface area (Å²) in [5, 5.41) is 11.7. The van der Waals surface area contributed by atoms with Crippen molar-refractivity contribution in [1.29, 1.82) is 0 Å². The smallest absolute Gasteiger partial charge is 0.303 e. The van der Waals surface area contributed by atoms with Gasteiger partial charge >= 0.3 is 5.97 Å². The zero-order valence-electron chi connectivity index (χ0n) is 18.1. The van der Waals surface area contributed by atoms with Gasteiger partial charge in [-0.15, -0.1) is 0 Å². The van der Waals surface area contributed by atoms with E-state index < -0.39 is 17.0 Å².